The maximum Gasteiger partial charge on any atom is 0.0922 e. The van der Waals surface area contributed by atoms with Crippen molar-refractivity contribution in [2.45, 2.75) is 24.6 Å². The number of hydrogen-bond acceptors (Lipinski definition) is 4. The van der Waals surface area contributed by atoms with Gasteiger partial charge in [0.25, 0.3) is 0 Å². The lowest BCUT2D eigenvalue weighted by molar-refractivity contribution is 0.170. The summed E-state index contributed by atoms with van der Waals surface area (Å²) in [7, 11) is 0. The molecule has 3 atom stereocenters. The van der Waals surface area contributed by atoms with Crippen molar-refractivity contribution in [1.82, 2.24) is 5.32 Å². The maximum atomic E-state index is 10.1. The predicted molar refractivity (Wildman–Crippen MR) is 78.0 cm³/mol. The van der Waals surface area contributed by atoms with Crippen LogP contribution in [0.1, 0.15) is 41.3 Å². The highest BCUT2D eigenvalue weighted by Gasteiger charge is 2.28. The van der Waals surface area contributed by atoms with Crippen molar-refractivity contribution in [2.75, 3.05) is 6.54 Å². The van der Waals surface area contributed by atoms with E-state index in [1.807, 2.05) is 29.0 Å². The average Bonchev–Trinajstić information content (AvgIpc) is 3.06. The minimum atomic E-state index is -0.449. The molecule has 1 aliphatic carbocycles. The molecule has 3 rings (SSSR count). The van der Waals surface area contributed by atoms with E-state index in [4.69, 9.17) is 5.73 Å². The van der Waals surface area contributed by atoms with E-state index in [2.05, 4.69) is 17.4 Å². The number of fused-ring (bicyclic) bond motifs is 1. The summed E-state index contributed by atoms with van der Waals surface area (Å²) < 4.78 is 0. The highest BCUT2D eigenvalue weighted by molar-refractivity contribution is 7.07. The summed E-state index contributed by atoms with van der Waals surface area (Å²) in [5.74, 6) is 0. The van der Waals surface area contributed by atoms with Crippen molar-refractivity contribution in [3.63, 3.8) is 0 Å². The van der Waals surface area contributed by atoms with Gasteiger partial charge >= 0.3 is 0 Å². The molecule has 19 heavy (non-hydrogen) atoms. The van der Waals surface area contributed by atoms with Gasteiger partial charge in [0.1, 0.15) is 0 Å². The minimum absolute atomic E-state index is 0.104. The molecule has 1 aliphatic rings. The van der Waals surface area contributed by atoms with Gasteiger partial charge in [0, 0.05) is 18.6 Å². The van der Waals surface area contributed by atoms with Gasteiger partial charge in [0.2, 0.25) is 0 Å². The second kappa shape index (κ2) is 5.43. The van der Waals surface area contributed by atoms with Gasteiger partial charge in [0.15, 0.2) is 0 Å². The van der Waals surface area contributed by atoms with Crippen molar-refractivity contribution in [2.24, 2.45) is 5.73 Å². The van der Waals surface area contributed by atoms with E-state index >= 15 is 0 Å². The van der Waals surface area contributed by atoms with Gasteiger partial charge in [0.05, 0.1) is 6.10 Å². The fourth-order valence-corrected chi connectivity index (χ4v) is 3.41. The number of rotatable bonds is 4. The van der Waals surface area contributed by atoms with Gasteiger partial charge in [-0.15, -0.1) is 0 Å². The normalized spacial score (nSPS) is 23.3. The molecule has 1 aromatic heterocycles. The number of thiophene rings is 1. The van der Waals surface area contributed by atoms with Crippen LogP contribution in [-0.2, 0) is 0 Å². The summed E-state index contributed by atoms with van der Waals surface area (Å²) in [6.07, 6.45) is 0.450. The van der Waals surface area contributed by atoms with Crippen LogP contribution in [0.25, 0.3) is 0 Å². The van der Waals surface area contributed by atoms with Crippen LogP contribution >= 0.6 is 11.3 Å². The fraction of sp³-hybridized carbons (Fsp3) is 0.333. The summed E-state index contributed by atoms with van der Waals surface area (Å²) >= 11 is 1.61. The number of aliphatic hydroxyl groups excluding tert-OH is 1. The molecule has 0 saturated heterocycles. The molecule has 4 N–H and O–H groups in total. The first-order chi connectivity index (χ1) is 9.25. The Hall–Kier alpha value is -1.20. The summed E-state index contributed by atoms with van der Waals surface area (Å²) in [6, 6.07) is 10.6. The molecule has 0 fully saturated rings. The molecule has 3 unspecified atom stereocenters. The lowest BCUT2D eigenvalue weighted by Crippen LogP contribution is -2.25. The summed E-state index contributed by atoms with van der Waals surface area (Å²) in [4.78, 5) is 0. The summed E-state index contributed by atoms with van der Waals surface area (Å²) in [6.45, 7) is 0.558. The van der Waals surface area contributed by atoms with Crippen LogP contribution in [0, 0.1) is 0 Å². The zero-order valence-electron chi connectivity index (χ0n) is 10.6. The molecule has 4 heteroatoms. The van der Waals surface area contributed by atoms with Gasteiger partial charge in [-0.1, -0.05) is 24.3 Å². The molecule has 100 valence electrons. The molecule has 1 heterocycles. The summed E-state index contributed by atoms with van der Waals surface area (Å²) in [5, 5.41) is 17.5. The Morgan fingerprint density at radius 3 is 2.84 bits per heavy atom. The minimum Gasteiger partial charge on any atom is -0.387 e. The Morgan fingerprint density at radius 1 is 1.32 bits per heavy atom. The van der Waals surface area contributed by atoms with Gasteiger partial charge in [-0.3, -0.25) is 0 Å². The molecule has 0 amide bonds. The molecule has 0 aliphatic heterocycles. The van der Waals surface area contributed by atoms with Crippen molar-refractivity contribution in [3.8, 4) is 0 Å². The number of aliphatic hydroxyl groups is 1. The zero-order chi connectivity index (χ0) is 13.2. The van der Waals surface area contributed by atoms with Crippen LogP contribution in [0.3, 0.4) is 0 Å². The number of nitrogens with two attached hydrogens (primary N) is 1. The molecule has 0 radical (unpaired) electrons. The van der Waals surface area contributed by atoms with Crippen LogP contribution in [0.15, 0.2) is 41.1 Å². The molecule has 1 aromatic carbocycles. The number of hydrogen-bond donors (Lipinski definition) is 3. The van der Waals surface area contributed by atoms with E-state index in [9.17, 15) is 5.11 Å². The smallest absolute Gasteiger partial charge is 0.0922 e. The largest absolute Gasteiger partial charge is 0.387 e. The molecular formula is C15H18N2OS. The van der Waals surface area contributed by atoms with Crippen LogP contribution in [-0.4, -0.2) is 11.7 Å². The third kappa shape index (κ3) is 2.58. The zero-order valence-corrected chi connectivity index (χ0v) is 11.4. The van der Waals surface area contributed by atoms with Crippen molar-refractivity contribution in [1.29, 1.82) is 0 Å². The Balaban J connectivity index is 1.66. The summed E-state index contributed by atoms with van der Waals surface area (Å²) in [5.41, 5.74) is 9.61. The first-order valence-corrected chi connectivity index (χ1v) is 7.48. The molecule has 2 aromatic rings. The van der Waals surface area contributed by atoms with E-state index in [-0.39, 0.29) is 12.1 Å². The first kappa shape index (κ1) is 12.8. The van der Waals surface area contributed by atoms with Gasteiger partial charge in [-0.2, -0.15) is 11.3 Å². The topological polar surface area (TPSA) is 58.3 Å². The van der Waals surface area contributed by atoms with Crippen LogP contribution < -0.4 is 11.1 Å². The monoisotopic (exact) mass is 274 g/mol. The lowest BCUT2D eigenvalue weighted by Gasteiger charge is -2.17. The van der Waals surface area contributed by atoms with Crippen molar-refractivity contribution in [3.05, 3.63) is 57.8 Å². The number of benzene rings is 1. The van der Waals surface area contributed by atoms with E-state index in [0.717, 1.165) is 12.0 Å². The van der Waals surface area contributed by atoms with Crippen LogP contribution in [0.5, 0.6) is 0 Å². The van der Waals surface area contributed by atoms with Crippen LogP contribution in [0.4, 0.5) is 0 Å². The Kier molecular flexibility index (Phi) is 3.66. The van der Waals surface area contributed by atoms with Gasteiger partial charge in [-0.05, 0) is 39.9 Å². The maximum absolute atomic E-state index is 10.1. The van der Waals surface area contributed by atoms with E-state index in [1.54, 1.807) is 11.3 Å². The predicted octanol–water partition coefficient (Wildman–Crippen LogP) is 2.52. The molecule has 0 spiro atoms. The standard InChI is InChI=1S/C15H18N2OS/c16-13-7-14(12-4-2-1-3-11(12)13)17-8-15(18)10-5-6-19-9-10/h1-6,9,13-15,17-18H,7-8,16H2. The highest BCUT2D eigenvalue weighted by Crippen LogP contribution is 2.37. The first-order valence-electron chi connectivity index (χ1n) is 6.53. The SMILES string of the molecule is NC1CC(NCC(O)c2ccsc2)c2ccccc21. The quantitative estimate of drug-likeness (QED) is 0.803. The average molecular weight is 274 g/mol. The lowest BCUT2D eigenvalue weighted by atomic mass is 10.1. The molecular weight excluding hydrogens is 256 g/mol. The highest BCUT2D eigenvalue weighted by atomic mass is 32.1. The third-order valence-electron chi connectivity index (χ3n) is 3.75. The van der Waals surface area contributed by atoms with Gasteiger partial charge in [-0.25, -0.2) is 0 Å². The van der Waals surface area contributed by atoms with Crippen molar-refractivity contribution >= 4 is 11.3 Å². The molecule has 3 nitrogen and oxygen atoms in total. The fourth-order valence-electron chi connectivity index (χ4n) is 2.70. The van der Waals surface area contributed by atoms with E-state index in [0.29, 0.717) is 6.54 Å². The Bertz CT molecular complexity index is 541. The Labute approximate surface area is 117 Å². The van der Waals surface area contributed by atoms with E-state index in [1.165, 1.54) is 11.1 Å². The number of nitrogens with one attached hydrogen (secondary N) is 1. The van der Waals surface area contributed by atoms with E-state index < -0.39 is 6.10 Å². The second-order valence-electron chi connectivity index (χ2n) is 5.00. The second-order valence-corrected chi connectivity index (χ2v) is 5.78. The van der Waals surface area contributed by atoms with Crippen molar-refractivity contribution < 1.29 is 5.11 Å². The molecule has 0 saturated carbocycles. The third-order valence-corrected chi connectivity index (χ3v) is 4.45. The van der Waals surface area contributed by atoms with Crippen LogP contribution in [0.2, 0.25) is 0 Å². The Morgan fingerprint density at radius 2 is 2.11 bits per heavy atom. The van der Waals surface area contributed by atoms with Gasteiger partial charge < -0.3 is 16.2 Å². The molecule has 0 bridgehead atoms.